The van der Waals surface area contributed by atoms with E-state index in [0.717, 1.165) is 28.6 Å². The highest BCUT2D eigenvalue weighted by Gasteiger charge is 2.30. The van der Waals surface area contributed by atoms with Crippen LogP contribution in [0, 0.1) is 5.82 Å². The molecule has 4 aromatic rings. The van der Waals surface area contributed by atoms with Gasteiger partial charge in [-0.05, 0) is 36.4 Å². The predicted octanol–water partition coefficient (Wildman–Crippen LogP) is 4.37. The van der Waals surface area contributed by atoms with Crippen LogP contribution >= 0.6 is 0 Å². The molecule has 8 nitrogen and oxygen atoms in total. The van der Waals surface area contributed by atoms with Crippen molar-refractivity contribution < 1.29 is 35.2 Å². The number of aromatic nitrogens is 2. The fourth-order valence-corrected chi connectivity index (χ4v) is 4.85. The van der Waals surface area contributed by atoms with E-state index in [2.05, 4.69) is 15.3 Å². The third kappa shape index (κ3) is 5.94. The third-order valence-corrected chi connectivity index (χ3v) is 7.20. The van der Waals surface area contributed by atoms with Gasteiger partial charge in [0.25, 0.3) is 10.0 Å². The minimum Gasteiger partial charge on any atom is -0.443 e. The number of halogens is 4. The maximum atomic E-state index is 13.4. The highest BCUT2D eigenvalue weighted by atomic mass is 32.2. The third-order valence-electron chi connectivity index (χ3n) is 5.42. The van der Waals surface area contributed by atoms with Crippen LogP contribution in [0.15, 0.2) is 70.4 Å². The minimum atomic E-state index is -4.46. The lowest BCUT2D eigenvalue weighted by molar-refractivity contribution is -0.137. The summed E-state index contributed by atoms with van der Waals surface area (Å²) in [7, 11) is -4.18. The number of hydrogen-bond acceptors (Lipinski definition) is 6. The van der Waals surface area contributed by atoms with Crippen molar-refractivity contribution in [3.8, 4) is 11.3 Å². The minimum absolute atomic E-state index is 0.0350. The molecule has 2 heterocycles. The molecule has 0 bridgehead atoms. The van der Waals surface area contributed by atoms with E-state index in [4.69, 9.17) is 4.42 Å². The fraction of sp³-hybridized carbons (Fsp3) is 0.208. The molecule has 1 N–H and O–H groups in total. The first kappa shape index (κ1) is 26.2. The van der Waals surface area contributed by atoms with E-state index in [1.807, 2.05) is 0 Å². The summed E-state index contributed by atoms with van der Waals surface area (Å²) in [4.78, 5) is 20.6. The normalized spacial score (nSPS) is 12.3. The molecule has 13 heteroatoms. The molecule has 0 spiro atoms. The van der Waals surface area contributed by atoms with Gasteiger partial charge in [0.2, 0.25) is 11.0 Å². The second-order valence-corrected chi connectivity index (χ2v) is 9.79. The molecule has 194 valence electrons. The zero-order chi connectivity index (χ0) is 26.8. The van der Waals surface area contributed by atoms with Crippen molar-refractivity contribution in [1.82, 2.24) is 19.6 Å². The molecular formula is C24H20F4N4O4S. The van der Waals surface area contributed by atoms with Gasteiger partial charge in [0, 0.05) is 23.6 Å². The number of rotatable bonds is 8. The van der Waals surface area contributed by atoms with E-state index in [0.29, 0.717) is 17.0 Å². The summed E-state index contributed by atoms with van der Waals surface area (Å²) in [5, 5.41) is 2.42. The molecular weight excluding hydrogens is 516 g/mol. The first-order valence-electron chi connectivity index (χ1n) is 10.9. The van der Waals surface area contributed by atoms with Crippen molar-refractivity contribution in [3.63, 3.8) is 0 Å². The lowest BCUT2D eigenvalue weighted by atomic mass is 10.1. The molecule has 2 aromatic heterocycles. The molecule has 0 saturated carbocycles. The Balaban J connectivity index is 1.42. The Kier molecular flexibility index (Phi) is 7.28. The second-order valence-electron chi connectivity index (χ2n) is 7.93. The average Bonchev–Trinajstić information content (AvgIpc) is 3.30. The standard InChI is InChI=1S/C24H20F4N4O4S/c1-2-32(37(34,35)23-10-16-9-18(25)7-8-21(16)36-23)13-22(33)29-12-19-11-20(31-14-30-19)15-3-5-17(6-4-15)24(26,27)28/h3-11,14H,2,12-13H2,1H3,(H,29,33). The molecule has 0 aliphatic rings. The van der Waals surface area contributed by atoms with Crippen LogP contribution in [0.25, 0.3) is 22.2 Å². The van der Waals surface area contributed by atoms with Crippen LogP contribution in [0.4, 0.5) is 17.6 Å². The van der Waals surface area contributed by atoms with Gasteiger partial charge < -0.3 is 9.73 Å². The Morgan fingerprint density at radius 1 is 1.05 bits per heavy atom. The Hall–Kier alpha value is -3.84. The summed E-state index contributed by atoms with van der Waals surface area (Å²) in [6.45, 7) is 0.929. The van der Waals surface area contributed by atoms with Crippen LogP contribution in [0.3, 0.4) is 0 Å². The van der Waals surface area contributed by atoms with Gasteiger partial charge in [-0.25, -0.2) is 22.8 Å². The molecule has 37 heavy (non-hydrogen) atoms. The van der Waals surface area contributed by atoms with Crippen molar-refractivity contribution in [3.05, 3.63) is 78.0 Å². The van der Waals surface area contributed by atoms with Gasteiger partial charge in [0.05, 0.1) is 30.0 Å². The lowest BCUT2D eigenvalue weighted by Crippen LogP contribution is -2.40. The molecule has 4 rings (SSSR count). The van der Waals surface area contributed by atoms with E-state index < -0.39 is 45.1 Å². The van der Waals surface area contributed by atoms with Crippen LogP contribution in [0.1, 0.15) is 18.2 Å². The Morgan fingerprint density at radius 2 is 1.78 bits per heavy atom. The van der Waals surface area contributed by atoms with Gasteiger partial charge in [0.15, 0.2) is 0 Å². The Labute approximate surface area is 209 Å². The van der Waals surface area contributed by atoms with Gasteiger partial charge in [-0.3, -0.25) is 4.79 Å². The topological polar surface area (TPSA) is 105 Å². The summed E-state index contributed by atoms with van der Waals surface area (Å²) in [5.41, 5.74) is 0.545. The maximum Gasteiger partial charge on any atom is 0.416 e. The molecule has 0 atom stereocenters. The number of sulfonamides is 1. The van der Waals surface area contributed by atoms with Crippen LogP contribution < -0.4 is 5.32 Å². The number of likely N-dealkylation sites (N-methyl/N-ethyl adjacent to an activating group) is 1. The SMILES string of the molecule is CCN(CC(=O)NCc1cc(-c2ccc(C(F)(F)F)cc2)ncn1)S(=O)(=O)c1cc2cc(F)ccc2o1. The second kappa shape index (κ2) is 10.3. The Bertz CT molecular complexity index is 1540. The molecule has 0 aliphatic carbocycles. The fourth-order valence-electron chi connectivity index (χ4n) is 3.50. The van der Waals surface area contributed by atoms with Gasteiger partial charge >= 0.3 is 6.18 Å². The van der Waals surface area contributed by atoms with Crippen LogP contribution in [-0.2, 0) is 27.5 Å². The smallest absolute Gasteiger partial charge is 0.416 e. The molecule has 1 amide bonds. The highest BCUT2D eigenvalue weighted by molar-refractivity contribution is 7.89. The number of alkyl halides is 3. The summed E-state index contributed by atoms with van der Waals surface area (Å²) >= 11 is 0. The molecule has 0 unspecified atom stereocenters. The molecule has 0 aliphatic heterocycles. The zero-order valence-corrected chi connectivity index (χ0v) is 20.1. The van der Waals surface area contributed by atoms with E-state index >= 15 is 0 Å². The number of hydrogen-bond donors (Lipinski definition) is 1. The van der Waals surface area contributed by atoms with Crippen molar-refractivity contribution in [2.24, 2.45) is 0 Å². The number of benzene rings is 2. The van der Waals surface area contributed by atoms with Crippen LogP contribution in [-0.4, -0.2) is 41.7 Å². The quantitative estimate of drug-likeness (QED) is 0.335. The summed E-state index contributed by atoms with van der Waals surface area (Å²) in [6, 6.07) is 10.7. The van der Waals surface area contributed by atoms with Gasteiger partial charge in [-0.1, -0.05) is 19.1 Å². The van der Waals surface area contributed by atoms with Crippen molar-refractivity contribution in [2.45, 2.75) is 24.7 Å². The maximum absolute atomic E-state index is 13.4. The zero-order valence-electron chi connectivity index (χ0n) is 19.3. The first-order valence-corrected chi connectivity index (χ1v) is 12.4. The van der Waals surface area contributed by atoms with Gasteiger partial charge in [0.1, 0.15) is 17.7 Å². The van der Waals surface area contributed by atoms with E-state index in [1.54, 1.807) is 6.92 Å². The molecule has 0 fully saturated rings. The van der Waals surface area contributed by atoms with Crippen molar-refractivity contribution in [1.29, 1.82) is 0 Å². The monoisotopic (exact) mass is 536 g/mol. The number of fused-ring (bicyclic) bond motifs is 1. The van der Waals surface area contributed by atoms with E-state index in [1.165, 1.54) is 36.7 Å². The number of furan rings is 1. The summed E-state index contributed by atoms with van der Waals surface area (Å²) in [5.74, 6) is -1.17. The first-order chi connectivity index (χ1) is 17.5. The lowest BCUT2D eigenvalue weighted by Gasteiger charge is -2.18. The van der Waals surface area contributed by atoms with Gasteiger partial charge in [-0.15, -0.1) is 0 Å². The highest BCUT2D eigenvalue weighted by Crippen LogP contribution is 2.30. The average molecular weight is 537 g/mol. The molecule has 2 aromatic carbocycles. The largest absolute Gasteiger partial charge is 0.443 e. The molecule has 0 radical (unpaired) electrons. The number of nitrogens with one attached hydrogen (secondary N) is 1. The number of carbonyl (C=O) groups excluding carboxylic acids is 1. The van der Waals surface area contributed by atoms with Crippen molar-refractivity contribution >= 4 is 26.9 Å². The number of amides is 1. The van der Waals surface area contributed by atoms with Crippen molar-refractivity contribution in [2.75, 3.05) is 13.1 Å². The number of nitrogens with zero attached hydrogens (tertiary/aromatic N) is 3. The summed E-state index contributed by atoms with van der Waals surface area (Å²) < 4.78 is 84.0. The van der Waals surface area contributed by atoms with Crippen LogP contribution in [0.5, 0.6) is 0 Å². The summed E-state index contributed by atoms with van der Waals surface area (Å²) in [6.07, 6.45) is -3.25. The number of carbonyl (C=O) groups is 1. The van der Waals surface area contributed by atoms with E-state index in [9.17, 15) is 30.8 Å². The van der Waals surface area contributed by atoms with Crippen LogP contribution in [0.2, 0.25) is 0 Å². The molecule has 0 saturated heterocycles. The van der Waals surface area contributed by atoms with Gasteiger partial charge in [-0.2, -0.15) is 17.5 Å². The predicted molar refractivity (Wildman–Crippen MR) is 125 cm³/mol. The Morgan fingerprint density at radius 3 is 2.46 bits per heavy atom. The van der Waals surface area contributed by atoms with E-state index in [-0.39, 0.29) is 24.1 Å².